The number of amides is 1. The highest BCUT2D eigenvalue weighted by Gasteiger charge is 2.17. The summed E-state index contributed by atoms with van der Waals surface area (Å²) in [6, 6.07) is 17.4. The highest BCUT2D eigenvalue weighted by Crippen LogP contribution is 2.28. The standard InChI is InChI=1S/C27H30N6O/c28-20-6-4-5-19(17-20)27(34)31-22-12-9-18(10-13-22)11-14-23-25-24(33-32-23)15-16-29-26(25)30-21-7-2-1-3-8-21/h4-6,9-10,12-13,15-17,21H,1-3,7-8,11,14,28H2,(H,29,30)(H,31,34)(H,32,33). The Balaban J connectivity index is 1.24. The molecule has 2 heterocycles. The third-order valence-electron chi connectivity index (χ3n) is 6.51. The van der Waals surface area contributed by atoms with Crippen LogP contribution in [0.3, 0.4) is 0 Å². The molecular weight excluding hydrogens is 424 g/mol. The number of nitrogens with two attached hydrogens (primary N) is 1. The maximum atomic E-state index is 12.4. The molecule has 1 aliphatic rings. The highest BCUT2D eigenvalue weighted by atomic mass is 16.1. The first-order chi connectivity index (χ1) is 16.7. The molecule has 0 bridgehead atoms. The van der Waals surface area contributed by atoms with Gasteiger partial charge in [0.15, 0.2) is 0 Å². The van der Waals surface area contributed by atoms with Crippen molar-refractivity contribution < 1.29 is 4.79 Å². The zero-order valence-corrected chi connectivity index (χ0v) is 19.2. The van der Waals surface area contributed by atoms with E-state index in [9.17, 15) is 4.79 Å². The second kappa shape index (κ2) is 9.95. The summed E-state index contributed by atoms with van der Waals surface area (Å²) < 4.78 is 0. The molecule has 5 N–H and O–H groups in total. The molecule has 2 aromatic heterocycles. The third-order valence-corrected chi connectivity index (χ3v) is 6.51. The van der Waals surface area contributed by atoms with Crippen LogP contribution in [0.5, 0.6) is 0 Å². The van der Waals surface area contributed by atoms with Gasteiger partial charge in [-0.05, 0) is 67.6 Å². The highest BCUT2D eigenvalue weighted by molar-refractivity contribution is 6.04. The Morgan fingerprint density at radius 3 is 2.65 bits per heavy atom. The summed E-state index contributed by atoms with van der Waals surface area (Å²) in [7, 11) is 0. The minimum atomic E-state index is -0.172. The van der Waals surface area contributed by atoms with Crippen LogP contribution >= 0.6 is 0 Å². The smallest absolute Gasteiger partial charge is 0.255 e. The van der Waals surface area contributed by atoms with Gasteiger partial charge in [0.1, 0.15) is 5.82 Å². The van der Waals surface area contributed by atoms with Crippen molar-refractivity contribution in [3.05, 3.63) is 77.6 Å². The van der Waals surface area contributed by atoms with Crippen molar-refractivity contribution in [3.63, 3.8) is 0 Å². The number of carbonyl (C=O) groups is 1. The number of hydrogen-bond donors (Lipinski definition) is 4. The summed E-state index contributed by atoms with van der Waals surface area (Å²) in [5, 5.41) is 15.4. The van der Waals surface area contributed by atoms with Crippen molar-refractivity contribution in [2.24, 2.45) is 0 Å². The monoisotopic (exact) mass is 454 g/mol. The summed E-state index contributed by atoms with van der Waals surface area (Å²) in [4.78, 5) is 17.1. The lowest BCUT2D eigenvalue weighted by molar-refractivity contribution is 0.102. The van der Waals surface area contributed by atoms with E-state index in [0.717, 1.165) is 40.9 Å². The predicted molar refractivity (Wildman–Crippen MR) is 137 cm³/mol. The Morgan fingerprint density at radius 1 is 1.03 bits per heavy atom. The van der Waals surface area contributed by atoms with Crippen LogP contribution in [-0.2, 0) is 12.8 Å². The van der Waals surface area contributed by atoms with Gasteiger partial charge in [-0.15, -0.1) is 0 Å². The molecule has 1 saturated carbocycles. The quantitative estimate of drug-likeness (QED) is 0.283. The number of hydrogen-bond acceptors (Lipinski definition) is 5. The maximum Gasteiger partial charge on any atom is 0.255 e. The van der Waals surface area contributed by atoms with E-state index in [1.54, 1.807) is 24.3 Å². The van der Waals surface area contributed by atoms with Gasteiger partial charge in [-0.1, -0.05) is 37.5 Å². The molecule has 0 unspecified atom stereocenters. The van der Waals surface area contributed by atoms with Crippen LogP contribution in [0.2, 0.25) is 0 Å². The van der Waals surface area contributed by atoms with Crippen LogP contribution < -0.4 is 16.4 Å². The summed E-state index contributed by atoms with van der Waals surface area (Å²) in [5.74, 6) is 0.766. The number of nitrogen functional groups attached to an aromatic ring is 1. The number of fused-ring (bicyclic) bond motifs is 1. The van der Waals surface area contributed by atoms with Crippen LogP contribution in [0.15, 0.2) is 60.8 Å². The maximum absolute atomic E-state index is 12.4. The molecular formula is C27H30N6O. The Hall–Kier alpha value is -3.87. The number of carbonyl (C=O) groups excluding carboxylic acids is 1. The van der Waals surface area contributed by atoms with Gasteiger partial charge in [0.2, 0.25) is 0 Å². The molecule has 1 amide bonds. The molecule has 1 fully saturated rings. The molecule has 1 aliphatic carbocycles. The predicted octanol–water partition coefficient (Wildman–Crippen LogP) is 5.32. The fourth-order valence-electron chi connectivity index (χ4n) is 4.66. The molecule has 0 aliphatic heterocycles. The summed E-state index contributed by atoms with van der Waals surface area (Å²) >= 11 is 0. The second-order valence-corrected chi connectivity index (χ2v) is 9.01. The van der Waals surface area contributed by atoms with E-state index < -0.39 is 0 Å². The van der Waals surface area contributed by atoms with Crippen molar-refractivity contribution in [3.8, 4) is 0 Å². The van der Waals surface area contributed by atoms with Crippen LogP contribution in [0.1, 0.15) is 53.7 Å². The Bertz CT molecular complexity index is 1270. The van der Waals surface area contributed by atoms with Gasteiger partial charge in [0, 0.05) is 34.9 Å². The van der Waals surface area contributed by atoms with E-state index in [4.69, 9.17) is 5.73 Å². The fraction of sp³-hybridized carbons (Fsp3) is 0.296. The number of pyridine rings is 1. The van der Waals surface area contributed by atoms with Gasteiger partial charge < -0.3 is 16.4 Å². The van der Waals surface area contributed by atoms with Gasteiger partial charge >= 0.3 is 0 Å². The largest absolute Gasteiger partial charge is 0.399 e. The first kappa shape index (κ1) is 21.9. The summed E-state index contributed by atoms with van der Waals surface area (Å²) in [5.41, 5.74) is 10.9. The zero-order valence-electron chi connectivity index (χ0n) is 19.2. The van der Waals surface area contributed by atoms with Crippen molar-refractivity contribution in [1.82, 2.24) is 15.2 Å². The van der Waals surface area contributed by atoms with Crippen molar-refractivity contribution in [1.29, 1.82) is 0 Å². The van der Waals surface area contributed by atoms with Crippen molar-refractivity contribution >= 4 is 34.0 Å². The number of anilines is 3. The topological polar surface area (TPSA) is 109 Å². The van der Waals surface area contributed by atoms with E-state index in [1.807, 2.05) is 36.5 Å². The number of rotatable bonds is 7. The molecule has 0 radical (unpaired) electrons. The molecule has 0 spiro atoms. The number of aromatic amines is 1. The van der Waals surface area contributed by atoms with E-state index in [-0.39, 0.29) is 5.91 Å². The van der Waals surface area contributed by atoms with Crippen LogP contribution in [0.25, 0.3) is 10.9 Å². The van der Waals surface area contributed by atoms with E-state index in [0.29, 0.717) is 17.3 Å². The molecule has 7 heteroatoms. The number of benzene rings is 2. The number of aryl methyl sites for hydroxylation is 2. The van der Waals surface area contributed by atoms with E-state index in [1.165, 1.54) is 37.7 Å². The Labute approximate surface area is 199 Å². The lowest BCUT2D eigenvalue weighted by Gasteiger charge is -2.23. The summed E-state index contributed by atoms with van der Waals surface area (Å²) in [6.45, 7) is 0. The van der Waals surface area contributed by atoms with Gasteiger partial charge in [-0.25, -0.2) is 4.98 Å². The Kier molecular flexibility index (Phi) is 6.42. The number of nitrogens with zero attached hydrogens (tertiary/aromatic N) is 2. The Morgan fingerprint density at radius 2 is 1.85 bits per heavy atom. The first-order valence-electron chi connectivity index (χ1n) is 12.0. The lowest BCUT2D eigenvalue weighted by Crippen LogP contribution is -2.23. The zero-order chi connectivity index (χ0) is 23.3. The van der Waals surface area contributed by atoms with Crippen LogP contribution in [0.4, 0.5) is 17.2 Å². The van der Waals surface area contributed by atoms with Gasteiger partial charge in [-0.2, -0.15) is 5.10 Å². The number of nitrogens with one attached hydrogen (secondary N) is 3. The fourth-order valence-corrected chi connectivity index (χ4v) is 4.66. The van der Waals surface area contributed by atoms with Crippen LogP contribution in [-0.4, -0.2) is 27.1 Å². The molecule has 7 nitrogen and oxygen atoms in total. The number of aromatic nitrogens is 3. The molecule has 34 heavy (non-hydrogen) atoms. The summed E-state index contributed by atoms with van der Waals surface area (Å²) in [6.07, 6.45) is 9.81. The van der Waals surface area contributed by atoms with E-state index >= 15 is 0 Å². The first-order valence-corrected chi connectivity index (χ1v) is 12.0. The third kappa shape index (κ3) is 5.03. The minimum Gasteiger partial charge on any atom is -0.399 e. The number of H-pyrrole nitrogens is 1. The molecule has 174 valence electrons. The van der Waals surface area contributed by atoms with Gasteiger partial charge in [0.05, 0.1) is 10.9 Å². The van der Waals surface area contributed by atoms with Crippen molar-refractivity contribution in [2.75, 3.05) is 16.4 Å². The second-order valence-electron chi connectivity index (χ2n) is 9.01. The lowest BCUT2D eigenvalue weighted by atomic mass is 9.95. The average molecular weight is 455 g/mol. The molecule has 0 saturated heterocycles. The average Bonchev–Trinajstić information content (AvgIpc) is 3.28. The normalized spacial score (nSPS) is 14.2. The minimum absolute atomic E-state index is 0.172. The molecule has 0 atom stereocenters. The van der Waals surface area contributed by atoms with Crippen molar-refractivity contribution in [2.45, 2.75) is 51.0 Å². The SMILES string of the molecule is Nc1cccc(C(=O)Nc2ccc(CCc3[nH]nc4ccnc(NC5CCCCC5)c34)cc2)c1. The molecule has 4 aromatic rings. The van der Waals surface area contributed by atoms with Gasteiger partial charge in [-0.3, -0.25) is 9.89 Å². The van der Waals surface area contributed by atoms with Gasteiger partial charge in [0.25, 0.3) is 5.91 Å². The molecule has 2 aromatic carbocycles. The van der Waals surface area contributed by atoms with Crippen LogP contribution in [0, 0.1) is 0 Å². The van der Waals surface area contributed by atoms with E-state index in [2.05, 4.69) is 25.8 Å². The molecule has 5 rings (SSSR count).